The van der Waals surface area contributed by atoms with Crippen LogP contribution in [0, 0.1) is 0 Å². The Hall–Kier alpha value is -1.25. The molecule has 0 bridgehead atoms. The number of benzene rings is 1. The van der Waals surface area contributed by atoms with Crippen LogP contribution in [0.4, 0.5) is 0 Å². The fourth-order valence-electron chi connectivity index (χ4n) is 1.52. The first-order chi connectivity index (χ1) is 8.76. The third-order valence-corrected chi connectivity index (χ3v) is 2.91. The maximum atomic E-state index is 10.7. The second-order valence-corrected chi connectivity index (χ2v) is 4.22. The molecule has 0 N–H and O–H groups in total. The van der Waals surface area contributed by atoms with Crippen LogP contribution >= 0.6 is 8.20 Å². The lowest BCUT2D eigenvalue weighted by molar-refractivity contribution is -0.195. The van der Waals surface area contributed by atoms with Crippen LogP contribution in [0.25, 0.3) is 0 Å². The Morgan fingerprint density at radius 2 is 1.50 bits per heavy atom. The van der Waals surface area contributed by atoms with Gasteiger partial charge < -0.3 is 19.3 Å². The van der Waals surface area contributed by atoms with Crippen LogP contribution in [0.1, 0.15) is 20.8 Å². The molecule has 1 aromatic rings. The minimum absolute atomic E-state index is 0.530. The molecule has 0 heterocycles. The molecule has 0 unspecified atom stereocenters. The molecule has 0 radical (unpaired) electrons. The minimum Gasteiger partial charge on any atom is -0.830 e. The summed E-state index contributed by atoms with van der Waals surface area (Å²) in [7, 11) is 0.533. The molecule has 0 aliphatic carbocycles. The molecular weight excluding hydrogens is 251 g/mol. The van der Waals surface area contributed by atoms with Crippen molar-refractivity contribution >= 4 is 19.5 Å². The highest BCUT2D eigenvalue weighted by Gasteiger charge is 2.11. The first kappa shape index (κ1) is 14.8. The molecule has 0 aliphatic rings. The fraction of sp³-hybridized carbons (Fsp3) is 0.462. The van der Waals surface area contributed by atoms with Gasteiger partial charge in [-0.3, -0.25) is 0 Å². The molecular formula is C13H18O4P-. The summed E-state index contributed by atoms with van der Waals surface area (Å²) in [5.41, 5.74) is 0. The molecule has 0 amide bonds. The summed E-state index contributed by atoms with van der Waals surface area (Å²) in [6.45, 7) is 7.34. The zero-order valence-corrected chi connectivity index (χ0v) is 11.8. The molecule has 0 atom stereocenters. The number of ether oxygens (including phenoxy) is 3. The quantitative estimate of drug-likeness (QED) is 0.705. The predicted molar refractivity (Wildman–Crippen MR) is 72.6 cm³/mol. The van der Waals surface area contributed by atoms with Crippen molar-refractivity contribution in [3.8, 4) is 17.2 Å². The second kappa shape index (κ2) is 7.96. The Morgan fingerprint density at radius 3 is 1.89 bits per heavy atom. The molecule has 18 heavy (non-hydrogen) atoms. The van der Waals surface area contributed by atoms with E-state index in [1.54, 1.807) is 12.1 Å². The highest BCUT2D eigenvalue weighted by molar-refractivity contribution is 7.47. The van der Waals surface area contributed by atoms with Gasteiger partial charge in [-0.15, -0.1) is 0 Å². The van der Waals surface area contributed by atoms with Crippen LogP contribution in [0.15, 0.2) is 12.1 Å². The van der Waals surface area contributed by atoms with Gasteiger partial charge in [0.2, 0.25) is 0 Å². The Morgan fingerprint density at radius 1 is 1.00 bits per heavy atom. The van der Waals surface area contributed by atoms with Crippen LogP contribution in [0.3, 0.4) is 0 Å². The summed E-state index contributed by atoms with van der Waals surface area (Å²) in [6, 6.07) is 3.59. The van der Waals surface area contributed by atoms with E-state index in [-0.39, 0.29) is 0 Å². The summed E-state index contributed by atoms with van der Waals surface area (Å²) in [6.07, 6.45) is 0. The van der Waals surface area contributed by atoms with Crippen LogP contribution in [0.5, 0.6) is 17.2 Å². The average Bonchev–Trinajstić information content (AvgIpc) is 2.34. The van der Waals surface area contributed by atoms with Gasteiger partial charge in [-0.2, -0.15) is 5.98 Å². The minimum atomic E-state index is 0.530. The first-order valence-corrected chi connectivity index (χ1v) is 6.94. The van der Waals surface area contributed by atoms with E-state index in [0.717, 1.165) is 11.3 Å². The molecule has 0 fully saturated rings. The van der Waals surface area contributed by atoms with Crippen molar-refractivity contribution in [1.82, 2.24) is 0 Å². The van der Waals surface area contributed by atoms with Crippen molar-refractivity contribution in [3.05, 3.63) is 12.1 Å². The van der Waals surface area contributed by atoms with Crippen LogP contribution in [0.2, 0.25) is 0 Å². The Kier molecular flexibility index (Phi) is 6.55. The van der Waals surface area contributed by atoms with Gasteiger partial charge in [0.25, 0.3) is 0 Å². The number of rotatable bonds is 7. The Labute approximate surface area is 109 Å². The average molecular weight is 269 g/mol. The first-order valence-electron chi connectivity index (χ1n) is 5.97. The van der Waals surface area contributed by atoms with E-state index in [0.29, 0.717) is 45.3 Å². The van der Waals surface area contributed by atoms with Gasteiger partial charge in [-0.25, -0.2) is 0 Å². The maximum Gasteiger partial charge on any atom is 0.138 e. The zero-order valence-electron chi connectivity index (χ0n) is 10.9. The monoisotopic (exact) mass is 269 g/mol. The van der Waals surface area contributed by atoms with E-state index in [4.69, 9.17) is 14.2 Å². The summed E-state index contributed by atoms with van der Waals surface area (Å²) >= 11 is 0. The van der Waals surface area contributed by atoms with Crippen molar-refractivity contribution in [2.75, 3.05) is 19.8 Å². The second-order valence-electron chi connectivity index (χ2n) is 3.30. The normalized spacial score (nSPS) is 10.7. The lowest BCUT2D eigenvalue weighted by Crippen LogP contribution is -2.10. The van der Waals surface area contributed by atoms with Crippen molar-refractivity contribution in [2.24, 2.45) is 0 Å². The van der Waals surface area contributed by atoms with Crippen molar-refractivity contribution in [1.29, 1.82) is 0 Å². The zero-order chi connectivity index (χ0) is 13.4. The molecule has 0 aromatic heterocycles. The van der Waals surface area contributed by atoms with Crippen molar-refractivity contribution in [2.45, 2.75) is 20.8 Å². The number of hydrogen-bond donors (Lipinski definition) is 0. The van der Waals surface area contributed by atoms with Crippen LogP contribution in [-0.4, -0.2) is 25.8 Å². The van der Waals surface area contributed by atoms with E-state index in [1.807, 2.05) is 20.8 Å². The van der Waals surface area contributed by atoms with Crippen LogP contribution < -0.4 is 24.6 Å². The van der Waals surface area contributed by atoms with E-state index >= 15 is 0 Å². The SMILES string of the molecule is CCOc1cc(OCC)c(P=C[O-])c(OCC)c1. The van der Waals surface area contributed by atoms with Crippen molar-refractivity contribution < 1.29 is 19.3 Å². The fourth-order valence-corrected chi connectivity index (χ4v) is 2.14. The summed E-state index contributed by atoms with van der Waals surface area (Å²) in [5.74, 6) is 2.79. The summed E-state index contributed by atoms with van der Waals surface area (Å²) < 4.78 is 16.5. The third kappa shape index (κ3) is 3.90. The largest absolute Gasteiger partial charge is 0.830 e. The lowest BCUT2D eigenvalue weighted by atomic mass is 10.3. The van der Waals surface area contributed by atoms with Gasteiger partial charge in [-0.1, -0.05) is 8.20 Å². The number of hydrogen-bond acceptors (Lipinski definition) is 4. The van der Waals surface area contributed by atoms with Crippen molar-refractivity contribution in [3.63, 3.8) is 0 Å². The molecule has 0 spiro atoms. The molecule has 100 valence electrons. The summed E-state index contributed by atoms with van der Waals surface area (Å²) in [4.78, 5) is 0. The third-order valence-electron chi connectivity index (χ3n) is 2.11. The van der Waals surface area contributed by atoms with Gasteiger partial charge in [0.15, 0.2) is 0 Å². The highest BCUT2D eigenvalue weighted by atomic mass is 31.1. The Balaban J connectivity index is 3.24. The molecule has 0 aliphatic heterocycles. The van der Waals surface area contributed by atoms with Crippen LogP contribution in [-0.2, 0) is 0 Å². The van der Waals surface area contributed by atoms with E-state index in [9.17, 15) is 5.11 Å². The van der Waals surface area contributed by atoms with E-state index < -0.39 is 0 Å². The Bertz CT molecular complexity index is 377. The van der Waals surface area contributed by atoms with Gasteiger partial charge in [-0.05, 0) is 20.8 Å². The van der Waals surface area contributed by atoms with E-state index in [2.05, 4.69) is 0 Å². The van der Waals surface area contributed by atoms with Gasteiger partial charge in [0.05, 0.1) is 25.1 Å². The van der Waals surface area contributed by atoms with E-state index in [1.165, 1.54) is 0 Å². The lowest BCUT2D eigenvalue weighted by Gasteiger charge is -2.15. The van der Waals surface area contributed by atoms with Gasteiger partial charge in [0, 0.05) is 12.1 Å². The predicted octanol–water partition coefficient (Wildman–Crippen LogP) is 1.57. The molecule has 4 nitrogen and oxygen atoms in total. The van der Waals surface area contributed by atoms with Gasteiger partial charge in [0.1, 0.15) is 17.2 Å². The standard InChI is InChI=1S/C13H19O4P/c1-4-15-10-7-11(16-5-2)13(18-9-14)12(8-10)17-6-3/h7-9,14H,4-6H2,1-3H3/p-1. The molecule has 1 rings (SSSR count). The molecule has 0 saturated carbocycles. The molecule has 0 saturated heterocycles. The maximum absolute atomic E-state index is 10.7. The van der Waals surface area contributed by atoms with Gasteiger partial charge >= 0.3 is 0 Å². The highest BCUT2D eigenvalue weighted by Crippen LogP contribution is 2.29. The molecule has 5 heteroatoms. The topological polar surface area (TPSA) is 50.8 Å². The molecule has 1 aromatic carbocycles. The summed E-state index contributed by atoms with van der Waals surface area (Å²) in [5, 5.41) is 11.5. The smallest absolute Gasteiger partial charge is 0.138 e.